The molecule has 0 bridgehead atoms. The molecule has 3 aromatic carbocycles. The number of hydrogen-bond acceptors (Lipinski definition) is 5. The monoisotopic (exact) mass is 444 g/mol. The molecule has 158 valence electrons. The molecule has 0 aliphatic carbocycles. The molecule has 0 spiro atoms. The topological polar surface area (TPSA) is 97.0 Å². The Hall–Kier alpha value is -4.15. The number of amides is 1. The van der Waals surface area contributed by atoms with Crippen LogP contribution < -0.4 is 5.32 Å². The molecule has 4 aromatic rings. The quantitative estimate of drug-likeness (QED) is 0.452. The Labute approximate surface area is 188 Å². The van der Waals surface area contributed by atoms with Crippen molar-refractivity contribution in [1.29, 1.82) is 5.26 Å². The number of rotatable bonds is 5. The van der Waals surface area contributed by atoms with Crippen molar-refractivity contribution >= 4 is 40.2 Å². The molecule has 0 saturated carbocycles. The third-order valence-electron chi connectivity index (χ3n) is 4.78. The number of aromatic nitrogens is 2. The number of nitrogens with zero attached hydrogens (tertiary/aromatic N) is 3. The Kier molecular flexibility index (Phi) is 5.88. The number of anilines is 1. The molecule has 0 aliphatic heterocycles. The average Bonchev–Trinajstić information content (AvgIpc) is 3.13. The van der Waals surface area contributed by atoms with Gasteiger partial charge in [-0.25, -0.2) is 9.78 Å². The van der Waals surface area contributed by atoms with Crippen LogP contribution in [0.2, 0.25) is 5.02 Å². The molecule has 32 heavy (non-hydrogen) atoms. The second-order valence-corrected chi connectivity index (χ2v) is 7.40. The molecular weight excluding hydrogens is 428 g/mol. The van der Waals surface area contributed by atoms with Crippen LogP contribution in [0.1, 0.15) is 21.7 Å². The number of carbonyl (C=O) groups is 2. The summed E-state index contributed by atoms with van der Waals surface area (Å²) in [5.41, 5.74) is 3.25. The van der Waals surface area contributed by atoms with Gasteiger partial charge in [0.2, 0.25) is 0 Å². The molecule has 0 unspecified atom stereocenters. The third kappa shape index (κ3) is 4.31. The predicted octanol–water partition coefficient (Wildman–Crippen LogP) is 4.65. The van der Waals surface area contributed by atoms with Crippen LogP contribution in [0.5, 0.6) is 0 Å². The van der Waals surface area contributed by atoms with Gasteiger partial charge in [-0.05, 0) is 55.5 Å². The van der Waals surface area contributed by atoms with Gasteiger partial charge in [0.15, 0.2) is 6.61 Å². The predicted molar refractivity (Wildman–Crippen MR) is 121 cm³/mol. The molecule has 7 nitrogen and oxygen atoms in total. The number of benzene rings is 3. The number of esters is 1. The van der Waals surface area contributed by atoms with E-state index in [1.807, 2.05) is 47.9 Å². The van der Waals surface area contributed by atoms with Crippen LogP contribution in [0.4, 0.5) is 5.69 Å². The van der Waals surface area contributed by atoms with Crippen LogP contribution >= 0.6 is 11.6 Å². The number of imidazole rings is 1. The second-order valence-electron chi connectivity index (χ2n) is 6.96. The SMILES string of the molecule is Cc1nc2cc(C(=O)OCC(=O)Nc3cc(Cl)ccc3C#N)ccc2n1-c1ccccc1. The normalized spacial score (nSPS) is 10.5. The summed E-state index contributed by atoms with van der Waals surface area (Å²) in [7, 11) is 0. The molecule has 1 heterocycles. The van der Waals surface area contributed by atoms with Gasteiger partial charge in [-0.15, -0.1) is 0 Å². The molecule has 4 rings (SSSR count). The summed E-state index contributed by atoms with van der Waals surface area (Å²) in [6.07, 6.45) is 0. The highest BCUT2D eigenvalue weighted by atomic mass is 35.5. The Morgan fingerprint density at radius 3 is 2.66 bits per heavy atom. The fourth-order valence-electron chi connectivity index (χ4n) is 3.35. The molecule has 0 radical (unpaired) electrons. The zero-order valence-electron chi connectivity index (χ0n) is 17.0. The number of nitriles is 1. The van der Waals surface area contributed by atoms with Crippen molar-refractivity contribution in [2.24, 2.45) is 0 Å². The van der Waals surface area contributed by atoms with E-state index in [2.05, 4.69) is 10.3 Å². The number of fused-ring (bicyclic) bond motifs is 1. The maximum Gasteiger partial charge on any atom is 0.338 e. The van der Waals surface area contributed by atoms with E-state index < -0.39 is 18.5 Å². The number of aryl methyl sites for hydroxylation is 1. The Balaban J connectivity index is 1.47. The first-order valence-corrected chi connectivity index (χ1v) is 10.0. The van der Waals surface area contributed by atoms with Crippen molar-refractivity contribution in [2.45, 2.75) is 6.92 Å². The fourth-order valence-corrected chi connectivity index (χ4v) is 3.52. The van der Waals surface area contributed by atoms with Gasteiger partial charge in [0.25, 0.3) is 5.91 Å². The fraction of sp³-hybridized carbons (Fsp3) is 0.0833. The zero-order chi connectivity index (χ0) is 22.7. The summed E-state index contributed by atoms with van der Waals surface area (Å²) in [5, 5.41) is 12.0. The molecule has 0 fully saturated rings. The summed E-state index contributed by atoms with van der Waals surface area (Å²) in [4.78, 5) is 29.2. The summed E-state index contributed by atoms with van der Waals surface area (Å²) in [5.74, 6) is -0.450. The van der Waals surface area contributed by atoms with Gasteiger partial charge >= 0.3 is 5.97 Å². The van der Waals surface area contributed by atoms with E-state index in [9.17, 15) is 9.59 Å². The van der Waals surface area contributed by atoms with Crippen LogP contribution in [-0.2, 0) is 9.53 Å². The minimum absolute atomic E-state index is 0.254. The lowest BCUT2D eigenvalue weighted by Gasteiger charge is -2.09. The van der Waals surface area contributed by atoms with Crippen molar-refractivity contribution < 1.29 is 14.3 Å². The van der Waals surface area contributed by atoms with Crippen molar-refractivity contribution in [3.63, 3.8) is 0 Å². The number of hydrogen-bond donors (Lipinski definition) is 1. The summed E-state index contributed by atoms with van der Waals surface area (Å²) in [6, 6.07) is 21.3. The van der Waals surface area contributed by atoms with E-state index in [0.717, 1.165) is 17.0 Å². The molecule has 0 saturated heterocycles. The third-order valence-corrected chi connectivity index (χ3v) is 5.02. The lowest BCUT2D eigenvalue weighted by atomic mass is 10.2. The molecule has 1 N–H and O–H groups in total. The van der Waals surface area contributed by atoms with E-state index in [4.69, 9.17) is 21.6 Å². The minimum Gasteiger partial charge on any atom is -0.452 e. The van der Waals surface area contributed by atoms with Crippen molar-refractivity contribution in [3.05, 3.63) is 88.7 Å². The van der Waals surface area contributed by atoms with Gasteiger partial charge < -0.3 is 10.1 Å². The van der Waals surface area contributed by atoms with E-state index in [0.29, 0.717) is 10.5 Å². The average molecular weight is 445 g/mol. The highest BCUT2D eigenvalue weighted by molar-refractivity contribution is 6.31. The minimum atomic E-state index is -0.652. The summed E-state index contributed by atoms with van der Waals surface area (Å²) >= 11 is 5.91. The zero-order valence-corrected chi connectivity index (χ0v) is 17.8. The second kappa shape index (κ2) is 8.92. The van der Waals surface area contributed by atoms with Crippen LogP contribution in [0.15, 0.2) is 66.7 Å². The number of halogens is 1. The van der Waals surface area contributed by atoms with Crippen molar-refractivity contribution in [3.8, 4) is 11.8 Å². The smallest absolute Gasteiger partial charge is 0.338 e. The number of ether oxygens (including phenoxy) is 1. The highest BCUT2D eigenvalue weighted by Crippen LogP contribution is 2.23. The van der Waals surface area contributed by atoms with E-state index in [1.165, 1.54) is 12.1 Å². The lowest BCUT2D eigenvalue weighted by molar-refractivity contribution is -0.119. The Bertz CT molecular complexity index is 1370. The first kappa shape index (κ1) is 21.1. The number of para-hydroxylation sites is 1. The van der Waals surface area contributed by atoms with Gasteiger partial charge in [0.1, 0.15) is 11.9 Å². The number of carbonyl (C=O) groups excluding carboxylic acids is 2. The summed E-state index contributed by atoms with van der Waals surface area (Å²) in [6.45, 7) is 1.38. The van der Waals surface area contributed by atoms with Gasteiger partial charge in [0, 0.05) is 10.7 Å². The maximum atomic E-state index is 12.5. The highest BCUT2D eigenvalue weighted by Gasteiger charge is 2.15. The van der Waals surface area contributed by atoms with Gasteiger partial charge in [0.05, 0.1) is 27.8 Å². The van der Waals surface area contributed by atoms with Crippen LogP contribution in [0, 0.1) is 18.3 Å². The number of nitrogens with one attached hydrogen (secondary N) is 1. The van der Waals surface area contributed by atoms with E-state index in [1.54, 1.807) is 24.3 Å². The van der Waals surface area contributed by atoms with E-state index >= 15 is 0 Å². The Morgan fingerprint density at radius 1 is 1.12 bits per heavy atom. The summed E-state index contributed by atoms with van der Waals surface area (Å²) < 4.78 is 7.13. The largest absolute Gasteiger partial charge is 0.452 e. The van der Waals surface area contributed by atoms with Crippen molar-refractivity contribution in [2.75, 3.05) is 11.9 Å². The first-order chi connectivity index (χ1) is 15.5. The molecule has 1 amide bonds. The maximum absolute atomic E-state index is 12.5. The van der Waals surface area contributed by atoms with Gasteiger partial charge in [-0.1, -0.05) is 29.8 Å². The van der Waals surface area contributed by atoms with E-state index in [-0.39, 0.29) is 16.8 Å². The molecule has 8 heteroatoms. The molecule has 1 aromatic heterocycles. The van der Waals surface area contributed by atoms with Gasteiger partial charge in [-0.2, -0.15) is 5.26 Å². The molecular formula is C24H17ClN4O3. The molecule has 0 atom stereocenters. The first-order valence-electron chi connectivity index (χ1n) is 9.67. The Morgan fingerprint density at radius 2 is 1.91 bits per heavy atom. The standard InChI is InChI=1S/C24H17ClN4O3/c1-15-27-21-11-16(8-10-22(21)29(15)19-5-3-2-4-6-19)24(31)32-14-23(30)28-20-12-18(25)9-7-17(20)13-26/h2-12H,14H2,1H3,(H,28,30). The van der Waals surface area contributed by atoms with Crippen molar-refractivity contribution in [1.82, 2.24) is 9.55 Å². The van der Waals surface area contributed by atoms with Crippen LogP contribution in [0.25, 0.3) is 16.7 Å². The lowest BCUT2D eigenvalue weighted by Crippen LogP contribution is -2.21. The van der Waals surface area contributed by atoms with Crippen LogP contribution in [0.3, 0.4) is 0 Å². The molecule has 0 aliphatic rings. The van der Waals surface area contributed by atoms with Crippen LogP contribution in [-0.4, -0.2) is 28.0 Å². The van der Waals surface area contributed by atoms with Gasteiger partial charge in [-0.3, -0.25) is 9.36 Å².